The topological polar surface area (TPSA) is 82.1 Å². The van der Waals surface area contributed by atoms with Gasteiger partial charge in [-0.1, -0.05) is 0 Å². The molecule has 1 fully saturated rings. The van der Waals surface area contributed by atoms with Crippen molar-refractivity contribution in [2.45, 2.75) is 26.3 Å². The molecule has 0 aromatic carbocycles. The van der Waals surface area contributed by atoms with Crippen molar-refractivity contribution in [3.8, 4) is 0 Å². The second-order valence-corrected chi connectivity index (χ2v) is 5.29. The first-order chi connectivity index (χ1) is 9.39. The van der Waals surface area contributed by atoms with Crippen LogP contribution in [-0.2, 0) is 9.53 Å². The lowest BCUT2D eigenvalue weighted by Gasteiger charge is -2.34. The van der Waals surface area contributed by atoms with Gasteiger partial charge in [-0.2, -0.15) is 0 Å². The number of carboxylic acids is 1. The summed E-state index contributed by atoms with van der Waals surface area (Å²) in [6.45, 7) is 9.62. The number of rotatable bonds is 6. The Hall–Kier alpha value is -1.34. The number of morpholine rings is 1. The lowest BCUT2D eigenvalue weighted by Crippen LogP contribution is -2.56. The van der Waals surface area contributed by atoms with E-state index in [0.717, 1.165) is 32.8 Å². The molecule has 0 aromatic heterocycles. The zero-order valence-corrected chi connectivity index (χ0v) is 12.5. The maximum absolute atomic E-state index is 12.1. The Morgan fingerprint density at radius 1 is 1.35 bits per heavy atom. The van der Waals surface area contributed by atoms with Gasteiger partial charge in [-0.3, -0.25) is 4.90 Å². The number of aliphatic carboxylic acids is 1. The van der Waals surface area contributed by atoms with Gasteiger partial charge < -0.3 is 20.1 Å². The zero-order valence-electron chi connectivity index (χ0n) is 12.5. The van der Waals surface area contributed by atoms with Crippen LogP contribution in [0.2, 0.25) is 0 Å². The molecule has 1 rings (SSSR count). The Balaban J connectivity index is 2.41. The normalized spacial score (nSPS) is 16.8. The van der Waals surface area contributed by atoms with Crippen molar-refractivity contribution in [2.24, 2.45) is 0 Å². The zero-order chi connectivity index (χ0) is 15.2. The van der Waals surface area contributed by atoms with Crippen LogP contribution < -0.4 is 5.32 Å². The number of carboxylic acid groups (broad SMARTS) is 1. The SMILES string of the molecule is CCN(C(=O)NCCN1CCOCC1)C(C)(C)C(=O)O. The van der Waals surface area contributed by atoms with Gasteiger partial charge in [-0.15, -0.1) is 0 Å². The van der Waals surface area contributed by atoms with E-state index in [0.29, 0.717) is 13.1 Å². The first kappa shape index (κ1) is 16.7. The van der Waals surface area contributed by atoms with Gasteiger partial charge in [0, 0.05) is 32.7 Å². The molecule has 0 spiro atoms. The van der Waals surface area contributed by atoms with Crippen molar-refractivity contribution in [1.29, 1.82) is 0 Å². The molecule has 0 aliphatic carbocycles. The van der Waals surface area contributed by atoms with E-state index < -0.39 is 11.5 Å². The minimum absolute atomic E-state index is 0.340. The van der Waals surface area contributed by atoms with Crippen molar-refractivity contribution in [1.82, 2.24) is 15.1 Å². The number of nitrogens with one attached hydrogen (secondary N) is 1. The molecule has 0 unspecified atom stereocenters. The van der Waals surface area contributed by atoms with E-state index >= 15 is 0 Å². The third-order valence-electron chi connectivity index (χ3n) is 3.57. The Labute approximate surface area is 119 Å². The van der Waals surface area contributed by atoms with Crippen molar-refractivity contribution in [2.75, 3.05) is 45.9 Å². The summed E-state index contributed by atoms with van der Waals surface area (Å²) >= 11 is 0. The molecule has 2 N–H and O–H groups in total. The molecular weight excluding hydrogens is 262 g/mol. The highest BCUT2D eigenvalue weighted by Crippen LogP contribution is 2.14. The molecule has 1 aliphatic heterocycles. The molecular formula is C13H25N3O4. The second-order valence-electron chi connectivity index (χ2n) is 5.29. The molecule has 20 heavy (non-hydrogen) atoms. The number of ether oxygens (including phenoxy) is 1. The molecule has 0 saturated carbocycles. The number of amides is 2. The Bertz CT molecular complexity index is 341. The van der Waals surface area contributed by atoms with Crippen LogP contribution in [0.4, 0.5) is 4.79 Å². The van der Waals surface area contributed by atoms with Crippen LogP contribution in [0, 0.1) is 0 Å². The van der Waals surface area contributed by atoms with Crippen molar-refractivity contribution in [3.63, 3.8) is 0 Å². The van der Waals surface area contributed by atoms with Crippen LogP contribution in [0.1, 0.15) is 20.8 Å². The Kier molecular flexibility index (Phi) is 6.22. The summed E-state index contributed by atoms with van der Waals surface area (Å²) in [6, 6.07) is -0.340. The van der Waals surface area contributed by atoms with E-state index in [1.165, 1.54) is 18.7 Å². The van der Waals surface area contributed by atoms with Gasteiger partial charge >= 0.3 is 12.0 Å². The smallest absolute Gasteiger partial charge is 0.329 e. The maximum atomic E-state index is 12.1. The summed E-state index contributed by atoms with van der Waals surface area (Å²) in [7, 11) is 0. The van der Waals surface area contributed by atoms with E-state index in [1.807, 2.05) is 0 Å². The minimum Gasteiger partial charge on any atom is -0.480 e. The fraction of sp³-hybridized carbons (Fsp3) is 0.846. The van der Waals surface area contributed by atoms with Crippen LogP contribution in [0.15, 0.2) is 0 Å². The van der Waals surface area contributed by atoms with Crippen molar-refractivity contribution >= 4 is 12.0 Å². The van der Waals surface area contributed by atoms with E-state index in [1.54, 1.807) is 6.92 Å². The van der Waals surface area contributed by atoms with Crippen LogP contribution in [0.5, 0.6) is 0 Å². The highest BCUT2D eigenvalue weighted by atomic mass is 16.5. The second kappa shape index (κ2) is 7.44. The first-order valence-electron chi connectivity index (χ1n) is 6.98. The van der Waals surface area contributed by atoms with Gasteiger partial charge in [-0.05, 0) is 20.8 Å². The minimum atomic E-state index is -1.21. The molecule has 1 aliphatic rings. The first-order valence-corrected chi connectivity index (χ1v) is 6.98. The number of likely N-dealkylation sites (N-methyl/N-ethyl adjacent to an activating group) is 1. The summed E-state index contributed by atoms with van der Waals surface area (Å²) in [5.74, 6) is -1.01. The Morgan fingerprint density at radius 3 is 2.45 bits per heavy atom. The van der Waals surface area contributed by atoms with Crippen LogP contribution in [-0.4, -0.2) is 78.4 Å². The maximum Gasteiger partial charge on any atom is 0.329 e. The summed E-state index contributed by atoms with van der Waals surface area (Å²) in [5.41, 5.74) is -1.21. The summed E-state index contributed by atoms with van der Waals surface area (Å²) < 4.78 is 5.25. The summed E-state index contributed by atoms with van der Waals surface area (Å²) in [5, 5.41) is 12.0. The highest BCUT2D eigenvalue weighted by molar-refractivity contribution is 5.85. The van der Waals surface area contributed by atoms with Gasteiger partial charge in [0.1, 0.15) is 5.54 Å². The van der Waals surface area contributed by atoms with Crippen molar-refractivity contribution < 1.29 is 19.4 Å². The third kappa shape index (κ3) is 4.35. The molecule has 116 valence electrons. The Morgan fingerprint density at radius 2 is 1.95 bits per heavy atom. The van der Waals surface area contributed by atoms with Crippen LogP contribution in [0.3, 0.4) is 0 Å². The van der Waals surface area contributed by atoms with Gasteiger partial charge in [0.2, 0.25) is 0 Å². The molecule has 1 saturated heterocycles. The van der Waals surface area contributed by atoms with Crippen molar-refractivity contribution in [3.05, 3.63) is 0 Å². The monoisotopic (exact) mass is 287 g/mol. The predicted molar refractivity (Wildman–Crippen MR) is 74.8 cm³/mol. The number of carbonyl (C=O) groups excluding carboxylic acids is 1. The molecule has 0 bridgehead atoms. The van der Waals surface area contributed by atoms with Crippen LogP contribution in [0.25, 0.3) is 0 Å². The quantitative estimate of drug-likeness (QED) is 0.730. The number of urea groups is 1. The number of hydrogen-bond donors (Lipinski definition) is 2. The molecule has 0 atom stereocenters. The lowest BCUT2D eigenvalue weighted by atomic mass is 10.0. The van der Waals surface area contributed by atoms with E-state index in [4.69, 9.17) is 4.74 Å². The van der Waals surface area contributed by atoms with E-state index in [-0.39, 0.29) is 6.03 Å². The molecule has 1 heterocycles. The van der Waals surface area contributed by atoms with Gasteiger partial charge in [0.05, 0.1) is 13.2 Å². The third-order valence-corrected chi connectivity index (χ3v) is 3.57. The van der Waals surface area contributed by atoms with Gasteiger partial charge in [0.15, 0.2) is 0 Å². The largest absolute Gasteiger partial charge is 0.480 e. The lowest BCUT2D eigenvalue weighted by molar-refractivity contribution is -0.147. The summed E-state index contributed by atoms with van der Waals surface area (Å²) in [4.78, 5) is 26.8. The fourth-order valence-electron chi connectivity index (χ4n) is 2.15. The van der Waals surface area contributed by atoms with Gasteiger partial charge in [-0.25, -0.2) is 9.59 Å². The van der Waals surface area contributed by atoms with Crippen LogP contribution >= 0.6 is 0 Å². The standard InChI is InChI=1S/C13H25N3O4/c1-4-16(13(2,3)11(17)18)12(19)14-5-6-15-7-9-20-10-8-15/h4-10H2,1-3H3,(H,14,19)(H,17,18). The number of hydrogen-bond acceptors (Lipinski definition) is 4. The van der Waals surface area contributed by atoms with E-state index in [2.05, 4.69) is 10.2 Å². The molecule has 7 heteroatoms. The average Bonchev–Trinajstić information content (AvgIpc) is 2.40. The van der Waals surface area contributed by atoms with Gasteiger partial charge in [0.25, 0.3) is 0 Å². The number of nitrogens with zero attached hydrogens (tertiary/aromatic N) is 2. The predicted octanol–water partition coefficient (Wildman–Crippen LogP) is 0.213. The summed E-state index contributed by atoms with van der Waals surface area (Å²) in [6.07, 6.45) is 0. The molecule has 2 amide bonds. The number of carbonyl (C=O) groups is 2. The fourth-order valence-corrected chi connectivity index (χ4v) is 2.15. The highest BCUT2D eigenvalue weighted by Gasteiger charge is 2.36. The average molecular weight is 287 g/mol. The molecule has 0 aromatic rings. The molecule has 0 radical (unpaired) electrons. The van der Waals surface area contributed by atoms with E-state index in [9.17, 15) is 14.7 Å². The molecule has 7 nitrogen and oxygen atoms in total.